The van der Waals surface area contributed by atoms with E-state index < -0.39 is 17.9 Å². The van der Waals surface area contributed by atoms with E-state index in [9.17, 15) is 14.4 Å². The van der Waals surface area contributed by atoms with Crippen molar-refractivity contribution >= 4 is 47.0 Å². The van der Waals surface area contributed by atoms with Gasteiger partial charge in [0.25, 0.3) is 5.91 Å². The van der Waals surface area contributed by atoms with Gasteiger partial charge in [0, 0.05) is 26.6 Å². The van der Waals surface area contributed by atoms with Gasteiger partial charge in [-0.15, -0.1) is 0 Å². The summed E-state index contributed by atoms with van der Waals surface area (Å²) >= 11 is 5.82. The second-order valence-corrected chi connectivity index (χ2v) is 12.1. The number of aryl methyl sites for hydroxylation is 2. The van der Waals surface area contributed by atoms with Gasteiger partial charge in [-0.2, -0.15) is 0 Å². The van der Waals surface area contributed by atoms with E-state index in [0.29, 0.717) is 25.9 Å². The number of carbonyl (C=O) groups is 3. The number of nitrogens with zero attached hydrogens (tertiary/aromatic N) is 3. The highest BCUT2D eigenvalue weighted by molar-refractivity contribution is 6.31. The van der Waals surface area contributed by atoms with Crippen LogP contribution in [0.2, 0.25) is 5.15 Å². The van der Waals surface area contributed by atoms with Crippen LogP contribution in [0.25, 0.3) is 11.1 Å². The van der Waals surface area contributed by atoms with Crippen LogP contribution in [0.1, 0.15) is 60.1 Å². The van der Waals surface area contributed by atoms with Crippen LogP contribution in [-0.2, 0) is 27.2 Å². The summed E-state index contributed by atoms with van der Waals surface area (Å²) in [7, 11) is 2.99. The van der Waals surface area contributed by atoms with Crippen LogP contribution in [0.5, 0.6) is 0 Å². The topological polar surface area (TPSA) is 222 Å². The third-order valence-electron chi connectivity index (χ3n) is 8.13. The number of anilines is 2. The molecule has 1 atom stereocenters. The van der Waals surface area contributed by atoms with E-state index in [-0.39, 0.29) is 47.4 Å². The summed E-state index contributed by atoms with van der Waals surface area (Å²) < 4.78 is 4.96. The number of aliphatic hydroxyl groups is 1. The maximum absolute atomic E-state index is 13.0. The number of rotatable bonds is 19. The van der Waals surface area contributed by atoms with E-state index >= 15 is 0 Å². The third-order valence-corrected chi connectivity index (χ3v) is 8.40. The number of esters is 1. The number of nitrogens with one attached hydrogen (secondary N) is 4. The molecule has 9 N–H and O–H groups in total. The molecular formula is C35H48ClN9O5. The summed E-state index contributed by atoms with van der Waals surface area (Å²) in [4.78, 5) is 46.8. The van der Waals surface area contributed by atoms with Crippen molar-refractivity contribution in [2.75, 3.05) is 51.9 Å². The van der Waals surface area contributed by atoms with Crippen LogP contribution in [-0.4, -0.2) is 90.2 Å². The molecule has 2 aromatic carbocycles. The smallest absolute Gasteiger partial charge is 0.328 e. The quantitative estimate of drug-likeness (QED) is 0.0415. The molecule has 50 heavy (non-hydrogen) atoms. The van der Waals surface area contributed by atoms with E-state index in [1.807, 2.05) is 24.3 Å². The largest absolute Gasteiger partial charge is 0.467 e. The van der Waals surface area contributed by atoms with E-state index in [2.05, 4.69) is 50.2 Å². The number of methoxy groups -OCH3 is 1. The highest BCUT2D eigenvalue weighted by atomic mass is 35.5. The van der Waals surface area contributed by atoms with Gasteiger partial charge in [-0.25, -0.2) is 14.8 Å². The zero-order valence-electron chi connectivity index (χ0n) is 28.6. The highest BCUT2D eigenvalue weighted by Crippen LogP contribution is 2.22. The minimum Gasteiger partial charge on any atom is -0.467 e. The Hall–Kier alpha value is -4.79. The van der Waals surface area contributed by atoms with Crippen LogP contribution in [0.3, 0.4) is 0 Å². The number of unbranched alkanes of at least 4 members (excludes halogenated alkanes) is 2. The molecule has 0 unspecified atom stereocenters. The lowest BCUT2D eigenvalue weighted by molar-refractivity contribution is -0.152. The van der Waals surface area contributed by atoms with Crippen molar-refractivity contribution < 1.29 is 24.2 Å². The predicted octanol–water partition coefficient (Wildman–Crippen LogP) is 2.92. The van der Waals surface area contributed by atoms with Crippen molar-refractivity contribution in [3.63, 3.8) is 0 Å². The van der Waals surface area contributed by atoms with E-state index in [1.54, 1.807) is 7.05 Å². The molecular weight excluding hydrogens is 662 g/mol. The monoisotopic (exact) mass is 709 g/mol. The maximum Gasteiger partial charge on any atom is 0.328 e. The fraction of sp³-hybridized carbons (Fsp3) is 0.429. The number of ether oxygens (including phenoxy) is 1. The zero-order chi connectivity index (χ0) is 36.5. The summed E-state index contributed by atoms with van der Waals surface area (Å²) in [5, 5.41) is 25.0. The molecule has 0 fully saturated rings. The number of hydrogen-bond acceptors (Lipinski definition) is 11. The average molecular weight is 710 g/mol. The molecule has 3 aromatic rings. The first-order chi connectivity index (χ1) is 24.0. The third kappa shape index (κ3) is 12.6. The molecule has 1 aromatic heterocycles. The van der Waals surface area contributed by atoms with Gasteiger partial charge < -0.3 is 36.8 Å². The van der Waals surface area contributed by atoms with Crippen molar-refractivity contribution in [1.29, 1.82) is 5.41 Å². The predicted molar refractivity (Wildman–Crippen MR) is 195 cm³/mol. The van der Waals surface area contributed by atoms with Crippen molar-refractivity contribution in [3.8, 4) is 11.1 Å². The van der Waals surface area contributed by atoms with Crippen molar-refractivity contribution in [2.45, 2.75) is 57.4 Å². The van der Waals surface area contributed by atoms with E-state index in [0.717, 1.165) is 55.3 Å². The van der Waals surface area contributed by atoms with Crippen LogP contribution in [0.15, 0.2) is 48.5 Å². The number of aromatic nitrogens is 2. The second-order valence-electron chi connectivity index (χ2n) is 11.8. The number of halogens is 1. The summed E-state index contributed by atoms with van der Waals surface area (Å²) in [5.74, 6) is -1.67. The maximum atomic E-state index is 13.0. The Morgan fingerprint density at radius 2 is 1.52 bits per heavy atom. The fourth-order valence-electron chi connectivity index (χ4n) is 5.22. The number of benzene rings is 2. The zero-order valence-corrected chi connectivity index (χ0v) is 29.4. The molecule has 2 amide bonds. The number of amides is 2. The standard InChI is InChI=1S/C35H48ClN9O5/c1-45(27(34(49)50-2)8-4-5-19-40-21-22-46)28(47)18-13-24-11-16-26(17-12-24)25-14-9-23(10-15-25)7-3-6-20-41-35(39)44-33(48)29-31(37)43-32(38)30(36)42-29/h9-12,14-17,27,40,46H,3-8,13,18-22H2,1-2H3,(H4,37,38,43)(H3,39,41,44,48)/t27-/m0/s1. The Morgan fingerprint density at radius 3 is 2.14 bits per heavy atom. The molecule has 14 nitrogen and oxygen atoms in total. The minimum absolute atomic E-state index is 0.0791. The number of aliphatic hydroxyl groups excluding tert-OH is 1. The minimum atomic E-state index is -0.708. The van der Waals surface area contributed by atoms with Gasteiger partial charge in [-0.1, -0.05) is 60.1 Å². The number of likely N-dealkylation sites (N-methyl/N-ethyl adjacent to an activating group) is 1. The second kappa shape index (κ2) is 20.7. The normalized spacial score (nSPS) is 11.4. The molecule has 3 rings (SSSR count). The van der Waals surface area contributed by atoms with Gasteiger partial charge in [-0.05, 0) is 73.7 Å². The van der Waals surface area contributed by atoms with E-state index in [1.165, 1.54) is 17.6 Å². The Labute approximate surface area is 297 Å². The highest BCUT2D eigenvalue weighted by Gasteiger charge is 2.27. The Bertz CT molecular complexity index is 1570. The number of hydrogen-bond donors (Lipinski definition) is 7. The summed E-state index contributed by atoms with van der Waals surface area (Å²) in [5.41, 5.74) is 15.4. The van der Waals surface area contributed by atoms with E-state index in [4.69, 9.17) is 38.3 Å². The fourth-order valence-corrected chi connectivity index (χ4v) is 5.35. The first kappa shape index (κ1) is 39.6. The number of nitrogen functional groups attached to an aromatic ring is 2. The van der Waals surface area contributed by atoms with Gasteiger partial charge >= 0.3 is 5.97 Å². The molecule has 0 aliphatic heterocycles. The SMILES string of the molecule is COC(=O)[C@H](CCCCNCCO)N(C)C(=O)CCc1ccc(-c2ccc(CCCCNC(=N)NC(=O)c3nc(Cl)c(N)nc3N)cc2)cc1. The van der Waals surface area contributed by atoms with Crippen LogP contribution < -0.4 is 27.4 Å². The number of nitrogens with two attached hydrogens (primary N) is 2. The molecule has 0 aliphatic rings. The lowest BCUT2D eigenvalue weighted by Gasteiger charge is -2.26. The first-order valence-electron chi connectivity index (χ1n) is 16.6. The first-order valence-corrected chi connectivity index (χ1v) is 17.0. The average Bonchev–Trinajstić information content (AvgIpc) is 3.11. The summed E-state index contributed by atoms with van der Waals surface area (Å²) in [6.45, 7) is 1.85. The van der Waals surface area contributed by atoms with Gasteiger partial charge in [-0.3, -0.25) is 20.3 Å². The summed E-state index contributed by atoms with van der Waals surface area (Å²) in [6, 6.07) is 15.9. The molecule has 0 radical (unpaired) electrons. The van der Waals surface area contributed by atoms with Gasteiger partial charge in [0.1, 0.15) is 6.04 Å². The molecule has 1 heterocycles. The molecule has 0 saturated carbocycles. The molecule has 0 saturated heterocycles. The molecule has 0 aliphatic carbocycles. The van der Waals surface area contributed by atoms with Gasteiger partial charge in [0.05, 0.1) is 13.7 Å². The molecule has 0 spiro atoms. The van der Waals surface area contributed by atoms with Crippen LogP contribution in [0.4, 0.5) is 11.6 Å². The molecule has 0 bridgehead atoms. The van der Waals surface area contributed by atoms with Crippen LogP contribution >= 0.6 is 11.6 Å². The molecule has 15 heteroatoms. The van der Waals surface area contributed by atoms with Gasteiger partial charge in [0.2, 0.25) is 5.91 Å². The van der Waals surface area contributed by atoms with Gasteiger partial charge in [0.15, 0.2) is 28.4 Å². The Kier molecular flexibility index (Phi) is 16.4. The van der Waals surface area contributed by atoms with Crippen molar-refractivity contribution in [1.82, 2.24) is 30.8 Å². The number of guanidine groups is 1. The Balaban J connectivity index is 1.38. The van der Waals surface area contributed by atoms with Crippen molar-refractivity contribution in [3.05, 3.63) is 70.5 Å². The lowest BCUT2D eigenvalue weighted by Crippen LogP contribution is -2.43. The number of carbonyl (C=O) groups excluding carboxylic acids is 3. The summed E-state index contributed by atoms with van der Waals surface area (Å²) in [6.07, 6.45) is 5.46. The van der Waals surface area contributed by atoms with Crippen molar-refractivity contribution in [2.24, 2.45) is 0 Å². The van der Waals surface area contributed by atoms with Crippen LogP contribution in [0, 0.1) is 5.41 Å². The molecule has 270 valence electrons. The Morgan fingerprint density at radius 1 is 0.900 bits per heavy atom. The lowest BCUT2D eigenvalue weighted by atomic mass is 9.99.